The third-order valence-electron chi connectivity index (χ3n) is 2.28. The molecule has 2 rings (SSSR count). The van der Waals surface area contributed by atoms with Crippen molar-refractivity contribution in [2.75, 3.05) is 13.1 Å². The van der Waals surface area contributed by atoms with Crippen LogP contribution in [0.25, 0.3) is 0 Å². The lowest BCUT2D eigenvalue weighted by Gasteiger charge is -2.15. The minimum absolute atomic E-state index is 0.933. The van der Waals surface area contributed by atoms with E-state index in [4.69, 9.17) is 0 Å². The second-order valence-electron chi connectivity index (χ2n) is 3.49. The predicted molar refractivity (Wildman–Crippen MR) is 62.9 cm³/mol. The second kappa shape index (κ2) is 4.13. The predicted octanol–water partition coefficient (Wildman–Crippen LogP) is 2.50. The topological polar surface area (TPSA) is 24.4 Å². The first-order chi connectivity index (χ1) is 6.77. The van der Waals surface area contributed by atoms with Gasteiger partial charge in [-0.15, -0.1) is 0 Å². The van der Waals surface area contributed by atoms with Crippen LogP contribution in [0.5, 0.6) is 0 Å². The van der Waals surface area contributed by atoms with Crippen LogP contribution in [0.2, 0.25) is 0 Å². The molecule has 0 spiro atoms. The molecule has 0 aromatic heterocycles. The first kappa shape index (κ1) is 9.71. The molecule has 0 fully saturated rings. The highest BCUT2D eigenvalue weighted by Gasteiger charge is 2.09. The van der Waals surface area contributed by atoms with Gasteiger partial charge in [-0.05, 0) is 31.0 Å². The van der Waals surface area contributed by atoms with Crippen molar-refractivity contribution in [1.82, 2.24) is 5.32 Å². The van der Waals surface area contributed by atoms with Gasteiger partial charge in [0.25, 0.3) is 0 Å². The maximum absolute atomic E-state index is 4.47. The summed E-state index contributed by atoms with van der Waals surface area (Å²) in [6, 6.07) is 6.34. The number of hydrogen-bond donors (Lipinski definition) is 1. The van der Waals surface area contributed by atoms with Crippen molar-refractivity contribution in [1.29, 1.82) is 0 Å². The van der Waals surface area contributed by atoms with Crippen molar-refractivity contribution in [3.63, 3.8) is 0 Å². The fourth-order valence-corrected chi connectivity index (χ4v) is 2.21. The van der Waals surface area contributed by atoms with Crippen LogP contribution in [0.4, 0.5) is 0 Å². The van der Waals surface area contributed by atoms with E-state index in [0.29, 0.717) is 0 Å². The number of amidine groups is 1. The number of hydrogen-bond acceptors (Lipinski definition) is 2. The number of aryl methyl sites for hydroxylation is 1. The molecular weight excluding hydrogens is 240 g/mol. The first-order valence-electron chi connectivity index (χ1n) is 4.82. The molecule has 0 bridgehead atoms. The molecule has 2 nitrogen and oxygen atoms in total. The maximum Gasteiger partial charge on any atom is 0.129 e. The Balaban J connectivity index is 2.35. The lowest BCUT2D eigenvalue weighted by molar-refractivity contribution is 0.742. The quantitative estimate of drug-likeness (QED) is 0.817. The average Bonchev–Trinajstić information content (AvgIpc) is 2.19. The summed E-state index contributed by atoms with van der Waals surface area (Å²) in [5.41, 5.74) is 2.42. The van der Waals surface area contributed by atoms with Crippen molar-refractivity contribution >= 4 is 21.8 Å². The Bertz CT molecular complexity index is 372. The Hall–Kier alpha value is -0.830. The molecule has 0 amide bonds. The second-order valence-corrected chi connectivity index (χ2v) is 4.35. The Kier molecular flexibility index (Phi) is 2.87. The molecule has 0 unspecified atom stereocenters. The van der Waals surface area contributed by atoms with E-state index in [1.807, 2.05) is 0 Å². The van der Waals surface area contributed by atoms with E-state index in [2.05, 4.69) is 51.4 Å². The third kappa shape index (κ3) is 1.98. The Labute approximate surface area is 92.6 Å². The number of nitrogens with one attached hydrogen (secondary N) is 1. The highest BCUT2D eigenvalue weighted by molar-refractivity contribution is 9.10. The fraction of sp³-hybridized carbons (Fsp3) is 0.364. The van der Waals surface area contributed by atoms with Crippen molar-refractivity contribution in [2.45, 2.75) is 13.3 Å². The molecule has 1 aromatic carbocycles. The molecule has 0 saturated carbocycles. The van der Waals surface area contributed by atoms with Gasteiger partial charge in [0.15, 0.2) is 0 Å². The largest absolute Gasteiger partial charge is 0.370 e. The van der Waals surface area contributed by atoms with Gasteiger partial charge in [0.05, 0.1) is 0 Å². The summed E-state index contributed by atoms with van der Waals surface area (Å²) in [5, 5.41) is 3.32. The smallest absolute Gasteiger partial charge is 0.129 e. The summed E-state index contributed by atoms with van der Waals surface area (Å²) in [5.74, 6) is 1.02. The number of benzene rings is 1. The molecule has 3 heteroatoms. The van der Waals surface area contributed by atoms with Gasteiger partial charge in [-0.2, -0.15) is 0 Å². The van der Waals surface area contributed by atoms with Crippen LogP contribution in [0.1, 0.15) is 17.5 Å². The summed E-state index contributed by atoms with van der Waals surface area (Å²) in [4.78, 5) is 4.47. The van der Waals surface area contributed by atoms with Crippen LogP contribution >= 0.6 is 15.9 Å². The molecular formula is C11H13BrN2. The Morgan fingerprint density at radius 3 is 2.93 bits per heavy atom. The van der Waals surface area contributed by atoms with E-state index in [9.17, 15) is 0 Å². The molecule has 0 aliphatic carbocycles. The highest BCUT2D eigenvalue weighted by Crippen LogP contribution is 2.19. The van der Waals surface area contributed by atoms with Gasteiger partial charge in [0.1, 0.15) is 5.84 Å². The molecule has 0 radical (unpaired) electrons. The molecule has 1 aliphatic heterocycles. The maximum atomic E-state index is 4.47. The summed E-state index contributed by atoms with van der Waals surface area (Å²) in [6.45, 7) is 4.05. The number of rotatable bonds is 1. The fourth-order valence-electron chi connectivity index (χ4n) is 1.53. The van der Waals surface area contributed by atoms with Gasteiger partial charge in [0, 0.05) is 23.1 Å². The van der Waals surface area contributed by atoms with Gasteiger partial charge < -0.3 is 5.32 Å². The van der Waals surface area contributed by atoms with Crippen LogP contribution in [0.15, 0.2) is 27.7 Å². The SMILES string of the molecule is Cc1ccc(C2=NCCCN2)c(Br)c1. The van der Waals surface area contributed by atoms with E-state index >= 15 is 0 Å². The minimum atomic E-state index is 0.933. The summed E-state index contributed by atoms with van der Waals surface area (Å²) in [6.07, 6.45) is 1.13. The van der Waals surface area contributed by atoms with Gasteiger partial charge in [-0.1, -0.05) is 22.0 Å². The summed E-state index contributed by atoms with van der Waals surface area (Å²) >= 11 is 3.56. The first-order valence-corrected chi connectivity index (χ1v) is 5.61. The monoisotopic (exact) mass is 252 g/mol. The highest BCUT2D eigenvalue weighted by atomic mass is 79.9. The zero-order valence-electron chi connectivity index (χ0n) is 8.18. The van der Waals surface area contributed by atoms with E-state index in [-0.39, 0.29) is 0 Å². The van der Waals surface area contributed by atoms with E-state index < -0.39 is 0 Å². The van der Waals surface area contributed by atoms with Gasteiger partial charge in [-0.25, -0.2) is 0 Å². The van der Waals surface area contributed by atoms with E-state index in [1.54, 1.807) is 0 Å². The van der Waals surface area contributed by atoms with Gasteiger partial charge >= 0.3 is 0 Å². The lowest BCUT2D eigenvalue weighted by Crippen LogP contribution is -2.30. The molecule has 1 aliphatic rings. The van der Waals surface area contributed by atoms with Crippen LogP contribution in [0.3, 0.4) is 0 Å². The van der Waals surface area contributed by atoms with Crippen LogP contribution < -0.4 is 5.32 Å². The Morgan fingerprint density at radius 2 is 2.29 bits per heavy atom. The van der Waals surface area contributed by atoms with Crippen LogP contribution in [-0.4, -0.2) is 18.9 Å². The summed E-state index contributed by atoms with van der Waals surface area (Å²) in [7, 11) is 0. The zero-order chi connectivity index (χ0) is 9.97. The normalized spacial score (nSPS) is 16.0. The molecule has 1 N–H and O–H groups in total. The van der Waals surface area contributed by atoms with E-state index in [0.717, 1.165) is 35.4 Å². The molecule has 0 atom stereocenters. The van der Waals surface area contributed by atoms with Gasteiger partial charge in [-0.3, -0.25) is 4.99 Å². The number of aliphatic imine (C=N–C) groups is 1. The minimum Gasteiger partial charge on any atom is -0.370 e. The molecule has 1 heterocycles. The zero-order valence-corrected chi connectivity index (χ0v) is 9.76. The third-order valence-corrected chi connectivity index (χ3v) is 2.93. The Morgan fingerprint density at radius 1 is 1.43 bits per heavy atom. The molecule has 1 aromatic rings. The van der Waals surface area contributed by atoms with Crippen molar-refractivity contribution in [2.24, 2.45) is 4.99 Å². The molecule has 0 saturated heterocycles. The van der Waals surface area contributed by atoms with E-state index in [1.165, 1.54) is 5.56 Å². The standard InChI is InChI=1S/C11H13BrN2/c1-8-3-4-9(10(12)7-8)11-13-5-2-6-14-11/h3-4,7H,2,5-6H2,1H3,(H,13,14). The van der Waals surface area contributed by atoms with Crippen LogP contribution in [-0.2, 0) is 0 Å². The molecule has 74 valence electrons. The van der Waals surface area contributed by atoms with Crippen molar-refractivity contribution in [3.05, 3.63) is 33.8 Å². The average molecular weight is 253 g/mol. The van der Waals surface area contributed by atoms with Crippen LogP contribution in [0, 0.1) is 6.92 Å². The number of nitrogens with zero attached hydrogens (tertiary/aromatic N) is 1. The lowest BCUT2D eigenvalue weighted by atomic mass is 10.1. The van der Waals surface area contributed by atoms with Crippen molar-refractivity contribution < 1.29 is 0 Å². The summed E-state index contributed by atoms with van der Waals surface area (Å²) < 4.78 is 1.12. The number of halogens is 1. The van der Waals surface area contributed by atoms with Gasteiger partial charge in [0.2, 0.25) is 0 Å². The van der Waals surface area contributed by atoms with Crippen molar-refractivity contribution in [3.8, 4) is 0 Å². The molecule has 14 heavy (non-hydrogen) atoms.